The van der Waals surface area contributed by atoms with Crippen LogP contribution >= 0.6 is 11.8 Å². The van der Waals surface area contributed by atoms with E-state index in [-0.39, 0.29) is 22.0 Å². The van der Waals surface area contributed by atoms with E-state index in [0.717, 1.165) is 11.8 Å². The summed E-state index contributed by atoms with van der Waals surface area (Å²) in [7, 11) is 0. The molecule has 0 saturated carbocycles. The van der Waals surface area contributed by atoms with Crippen molar-refractivity contribution in [3.8, 4) is 0 Å². The Hall–Kier alpha value is -1.31. The molecule has 0 amide bonds. The molecule has 1 N–H and O–H groups in total. The summed E-state index contributed by atoms with van der Waals surface area (Å²) in [5.74, 6) is -1.06. The third-order valence-corrected chi connectivity index (χ3v) is 3.23. The summed E-state index contributed by atoms with van der Waals surface area (Å²) < 4.78 is 36.2. The van der Waals surface area contributed by atoms with E-state index in [9.17, 15) is 18.0 Å². The summed E-state index contributed by atoms with van der Waals surface area (Å²) in [5.41, 5.74) is 0.151. The Kier molecular flexibility index (Phi) is 5.16. The minimum absolute atomic E-state index is 0.0982. The van der Waals surface area contributed by atoms with Crippen LogP contribution in [0.4, 0.5) is 13.2 Å². The zero-order chi connectivity index (χ0) is 14.6. The van der Waals surface area contributed by atoms with E-state index in [1.165, 1.54) is 6.92 Å². The maximum Gasteiger partial charge on any atom is 0.389 e. The van der Waals surface area contributed by atoms with Gasteiger partial charge in [0.15, 0.2) is 0 Å². The highest BCUT2D eigenvalue weighted by atomic mass is 32.2. The van der Waals surface area contributed by atoms with Crippen LogP contribution in [-0.4, -0.2) is 33.0 Å². The van der Waals surface area contributed by atoms with Gasteiger partial charge in [-0.3, -0.25) is 0 Å². The fourth-order valence-corrected chi connectivity index (χ4v) is 2.45. The first-order chi connectivity index (χ1) is 8.74. The van der Waals surface area contributed by atoms with E-state index in [0.29, 0.717) is 12.2 Å². The summed E-state index contributed by atoms with van der Waals surface area (Å²) in [6.07, 6.45) is -4.75. The minimum atomic E-state index is -4.26. The number of halogens is 3. The molecule has 0 atom stereocenters. The number of carboxylic acid groups (broad SMARTS) is 1. The molecule has 106 valence electrons. The lowest BCUT2D eigenvalue weighted by Crippen LogP contribution is -2.11. The van der Waals surface area contributed by atoms with Crippen LogP contribution in [-0.2, 0) is 6.42 Å². The Morgan fingerprint density at radius 3 is 2.47 bits per heavy atom. The van der Waals surface area contributed by atoms with Crippen LogP contribution in [0.3, 0.4) is 0 Å². The Labute approximate surface area is 112 Å². The van der Waals surface area contributed by atoms with Crippen molar-refractivity contribution in [3.05, 3.63) is 17.1 Å². The quantitative estimate of drug-likeness (QED) is 0.668. The summed E-state index contributed by atoms with van der Waals surface area (Å²) in [4.78, 5) is 19.1. The first kappa shape index (κ1) is 15.7. The second-order valence-corrected chi connectivity index (χ2v) is 4.86. The molecule has 0 saturated heterocycles. The van der Waals surface area contributed by atoms with Gasteiger partial charge in [0.05, 0.1) is 12.1 Å². The summed E-state index contributed by atoms with van der Waals surface area (Å²) in [6, 6.07) is 0. The van der Waals surface area contributed by atoms with Crippen molar-refractivity contribution in [1.82, 2.24) is 9.97 Å². The smallest absolute Gasteiger partial charge is 0.389 e. The molecule has 0 aliphatic rings. The number of alkyl halides is 3. The highest BCUT2D eigenvalue weighted by molar-refractivity contribution is 7.99. The molecule has 1 aromatic rings. The predicted molar refractivity (Wildman–Crippen MR) is 64.5 cm³/mol. The van der Waals surface area contributed by atoms with Crippen molar-refractivity contribution in [1.29, 1.82) is 0 Å². The average Bonchev–Trinajstić information content (AvgIpc) is 2.25. The van der Waals surface area contributed by atoms with Crippen LogP contribution in [0.2, 0.25) is 0 Å². The number of nitrogens with zero attached hydrogens (tertiary/aromatic N) is 2. The van der Waals surface area contributed by atoms with Gasteiger partial charge < -0.3 is 5.11 Å². The molecular weight excluding hydrogens is 281 g/mol. The Bertz CT molecular complexity index is 478. The van der Waals surface area contributed by atoms with E-state index >= 15 is 0 Å². The third-order valence-electron chi connectivity index (χ3n) is 2.26. The summed E-state index contributed by atoms with van der Waals surface area (Å²) in [5, 5.41) is 9.15. The van der Waals surface area contributed by atoms with Crippen LogP contribution in [0, 0.1) is 6.92 Å². The van der Waals surface area contributed by atoms with Gasteiger partial charge in [0, 0.05) is 12.2 Å². The van der Waals surface area contributed by atoms with Crippen LogP contribution in [0.25, 0.3) is 0 Å². The molecular formula is C11H13F3N2O2S. The van der Waals surface area contributed by atoms with Gasteiger partial charge in [0.25, 0.3) is 0 Å². The molecule has 0 aliphatic heterocycles. The second-order valence-electron chi connectivity index (χ2n) is 3.78. The lowest BCUT2D eigenvalue weighted by Gasteiger charge is -2.10. The first-order valence-electron chi connectivity index (χ1n) is 5.55. The summed E-state index contributed by atoms with van der Waals surface area (Å²) in [6.45, 7) is 3.30. The maximum atomic E-state index is 12.1. The largest absolute Gasteiger partial charge is 0.478 e. The van der Waals surface area contributed by atoms with Gasteiger partial charge in [-0.2, -0.15) is 13.2 Å². The number of carbonyl (C=O) groups is 1. The number of hydrogen-bond acceptors (Lipinski definition) is 4. The lowest BCUT2D eigenvalue weighted by molar-refractivity contribution is -0.129. The van der Waals surface area contributed by atoms with E-state index < -0.39 is 18.6 Å². The first-order valence-corrected chi connectivity index (χ1v) is 6.53. The molecule has 8 heteroatoms. The van der Waals surface area contributed by atoms with Gasteiger partial charge in [-0.25, -0.2) is 14.8 Å². The van der Waals surface area contributed by atoms with E-state index in [1.54, 1.807) is 6.92 Å². The summed E-state index contributed by atoms with van der Waals surface area (Å²) >= 11 is 0.794. The van der Waals surface area contributed by atoms with Crippen molar-refractivity contribution in [2.75, 3.05) is 5.75 Å². The SMILES string of the molecule is CCc1nc(C)c(C(=O)O)c(SCCC(F)(F)F)n1. The lowest BCUT2D eigenvalue weighted by atomic mass is 10.2. The minimum Gasteiger partial charge on any atom is -0.478 e. The monoisotopic (exact) mass is 294 g/mol. The molecule has 0 aromatic carbocycles. The predicted octanol–water partition coefficient (Wildman–Crippen LogP) is 3.09. The standard InChI is InChI=1S/C11H13F3N2O2S/c1-3-7-15-6(2)8(10(17)18)9(16-7)19-5-4-11(12,13)14/h3-5H2,1-2H3,(H,17,18). The van der Waals surface area contributed by atoms with E-state index in [1.807, 2.05) is 0 Å². The van der Waals surface area contributed by atoms with E-state index in [2.05, 4.69) is 9.97 Å². The van der Waals surface area contributed by atoms with Crippen molar-refractivity contribution in [3.63, 3.8) is 0 Å². The van der Waals surface area contributed by atoms with Crippen LogP contribution in [0.5, 0.6) is 0 Å². The molecule has 1 rings (SSSR count). The normalized spacial score (nSPS) is 11.6. The Morgan fingerprint density at radius 1 is 1.37 bits per heavy atom. The molecule has 1 heterocycles. The van der Waals surface area contributed by atoms with Gasteiger partial charge in [0.1, 0.15) is 16.4 Å². The van der Waals surface area contributed by atoms with Crippen molar-refractivity contribution in [2.45, 2.75) is 37.9 Å². The highest BCUT2D eigenvalue weighted by Crippen LogP contribution is 2.28. The molecule has 0 radical (unpaired) electrons. The Balaban J connectivity index is 2.96. The second kappa shape index (κ2) is 6.23. The molecule has 0 fully saturated rings. The molecule has 0 bridgehead atoms. The molecule has 19 heavy (non-hydrogen) atoms. The molecule has 4 nitrogen and oxygen atoms in total. The van der Waals surface area contributed by atoms with Gasteiger partial charge in [0.2, 0.25) is 0 Å². The molecule has 0 aliphatic carbocycles. The number of aromatic nitrogens is 2. The van der Waals surface area contributed by atoms with Crippen molar-refractivity contribution < 1.29 is 23.1 Å². The van der Waals surface area contributed by atoms with Gasteiger partial charge in [-0.15, -0.1) is 11.8 Å². The fraction of sp³-hybridized carbons (Fsp3) is 0.545. The van der Waals surface area contributed by atoms with Gasteiger partial charge >= 0.3 is 12.1 Å². The van der Waals surface area contributed by atoms with Gasteiger partial charge in [-0.05, 0) is 6.92 Å². The van der Waals surface area contributed by atoms with Crippen molar-refractivity contribution >= 4 is 17.7 Å². The Morgan fingerprint density at radius 2 is 2.00 bits per heavy atom. The fourth-order valence-electron chi connectivity index (χ4n) is 1.37. The van der Waals surface area contributed by atoms with Gasteiger partial charge in [-0.1, -0.05) is 6.92 Å². The highest BCUT2D eigenvalue weighted by Gasteiger charge is 2.27. The number of rotatable bonds is 5. The van der Waals surface area contributed by atoms with Crippen LogP contribution < -0.4 is 0 Å². The topological polar surface area (TPSA) is 63.1 Å². The third kappa shape index (κ3) is 4.70. The molecule has 0 spiro atoms. The van der Waals surface area contributed by atoms with E-state index in [4.69, 9.17) is 5.11 Å². The number of carboxylic acids is 1. The number of aryl methyl sites for hydroxylation is 2. The van der Waals surface area contributed by atoms with Crippen molar-refractivity contribution in [2.24, 2.45) is 0 Å². The molecule has 1 aromatic heterocycles. The number of hydrogen-bond donors (Lipinski definition) is 1. The number of aromatic carboxylic acids is 1. The zero-order valence-corrected chi connectivity index (χ0v) is 11.2. The zero-order valence-electron chi connectivity index (χ0n) is 10.4. The van der Waals surface area contributed by atoms with Crippen LogP contribution in [0.1, 0.15) is 35.2 Å². The number of thioether (sulfide) groups is 1. The average molecular weight is 294 g/mol. The van der Waals surface area contributed by atoms with Crippen LogP contribution in [0.15, 0.2) is 5.03 Å². The molecule has 0 unspecified atom stereocenters. The maximum absolute atomic E-state index is 12.1.